The van der Waals surface area contributed by atoms with Crippen molar-refractivity contribution in [2.75, 3.05) is 11.5 Å². The maximum atomic E-state index is 12.8. The van der Waals surface area contributed by atoms with Crippen molar-refractivity contribution in [2.24, 2.45) is 5.92 Å². The van der Waals surface area contributed by atoms with Crippen LogP contribution in [0.3, 0.4) is 0 Å². The molecule has 1 nitrogen and oxygen atoms in total. The first kappa shape index (κ1) is 10.6. The third kappa shape index (κ3) is 2.56. The first-order valence-corrected chi connectivity index (χ1v) is 5.86. The molecule has 2 rings (SSSR count). The Morgan fingerprint density at radius 3 is 2.33 bits per heavy atom. The van der Waals surface area contributed by atoms with Crippen molar-refractivity contribution in [1.82, 2.24) is 0 Å². The molecule has 0 N–H and O–H groups in total. The van der Waals surface area contributed by atoms with E-state index in [0.717, 1.165) is 17.6 Å². The minimum Gasteiger partial charge on any atom is -0.299 e. The molecule has 0 spiro atoms. The normalized spacial score (nSPS) is 16.1. The summed E-state index contributed by atoms with van der Waals surface area (Å²) in [5.74, 6) is 0.606. The van der Waals surface area contributed by atoms with Crippen LogP contribution in [0.1, 0.15) is 5.56 Å². The third-order valence-electron chi connectivity index (χ3n) is 2.39. The topological polar surface area (TPSA) is 17.1 Å². The van der Waals surface area contributed by atoms with Crippen LogP contribution in [0, 0.1) is 17.6 Å². The summed E-state index contributed by atoms with van der Waals surface area (Å²) in [7, 11) is 0. The predicted molar refractivity (Wildman–Crippen MR) is 55.9 cm³/mol. The number of carbonyl (C=O) groups is 1. The van der Waals surface area contributed by atoms with Gasteiger partial charge in [0.25, 0.3) is 0 Å². The van der Waals surface area contributed by atoms with E-state index in [1.165, 1.54) is 12.1 Å². The molecule has 1 fully saturated rings. The number of carbonyl (C=O) groups excluding carboxylic acids is 1. The zero-order valence-electron chi connectivity index (χ0n) is 8.00. The van der Waals surface area contributed by atoms with Crippen molar-refractivity contribution in [3.63, 3.8) is 0 Å². The fraction of sp³-hybridized carbons (Fsp3) is 0.364. The Morgan fingerprint density at radius 1 is 1.27 bits per heavy atom. The Labute approximate surface area is 90.9 Å². The zero-order chi connectivity index (χ0) is 10.8. The molecule has 15 heavy (non-hydrogen) atoms. The molecule has 0 unspecified atom stereocenters. The van der Waals surface area contributed by atoms with Crippen molar-refractivity contribution in [3.05, 3.63) is 35.4 Å². The second kappa shape index (κ2) is 4.31. The fourth-order valence-electron chi connectivity index (χ4n) is 1.48. The molecular weight excluding hydrogens is 218 g/mol. The van der Waals surface area contributed by atoms with Crippen molar-refractivity contribution >= 4 is 17.5 Å². The van der Waals surface area contributed by atoms with Crippen LogP contribution in [0.25, 0.3) is 0 Å². The lowest BCUT2D eigenvalue weighted by Gasteiger charge is -2.23. The standard InChI is InChI=1S/C11H10F2OS/c12-9-1-7(2-10(13)4-9)3-11(14)8-5-15-6-8/h1-2,4,8H,3,5-6H2. The molecule has 1 aliphatic heterocycles. The van der Waals surface area contributed by atoms with Gasteiger partial charge in [-0.2, -0.15) is 11.8 Å². The Morgan fingerprint density at radius 2 is 1.87 bits per heavy atom. The highest BCUT2D eigenvalue weighted by molar-refractivity contribution is 8.00. The summed E-state index contributed by atoms with van der Waals surface area (Å²) in [6, 6.07) is 3.24. The Bertz CT molecular complexity index is 368. The smallest absolute Gasteiger partial charge is 0.141 e. The summed E-state index contributed by atoms with van der Waals surface area (Å²) >= 11 is 1.72. The van der Waals surface area contributed by atoms with E-state index < -0.39 is 11.6 Å². The van der Waals surface area contributed by atoms with Gasteiger partial charge in [-0.3, -0.25) is 4.79 Å². The molecule has 0 aliphatic carbocycles. The average Bonchev–Trinajstić information content (AvgIpc) is 1.96. The van der Waals surface area contributed by atoms with Crippen LogP contribution in [0.5, 0.6) is 0 Å². The molecule has 0 bridgehead atoms. The van der Waals surface area contributed by atoms with Gasteiger partial charge in [-0.25, -0.2) is 8.78 Å². The average molecular weight is 228 g/mol. The van der Waals surface area contributed by atoms with Crippen LogP contribution in [0.2, 0.25) is 0 Å². The van der Waals surface area contributed by atoms with E-state index in [2.05, 4.69) is 0 Å². The first-order valence-electron chi connectivity index (χ1n) is 4.70. The maximum Gasteiger partial charge on any atom is 0.141 e. The fourth-order valence-corrected chi connectivity index (χ4v) is 2.32. The van der Waals surface area contributed by atoms with E-state index in [1.807, 2.05) is 0 Å². The molecule has 0 aromatic heterocycles. The van der Waals surface area contributed by atoms with Crippen LogP contribution in [-0.2, 0) is 11.2 Å². The van der Waals surface area contributed by atoms with Gasteiger partial charge in [0.15, 0.2) is 0 Å². The number of hydrogen-bond acceptors (Lipinski definition) is 2. The molecule has 80 valence electrons. The lowest BCUT2D eigenvalue weighted by atomic mass is 10.00. The zero-order valence-corrected chi connectivity index (χ0v) is 8.82. The van der Waals surface area contributed by atoms with Crippen LogP contribution in [0.4, 0.5) is 8.78 Å². The molecule has 1 heterocycles. The molecule has 0 amide bonds. The van der Waals surface area contributed by atoms with Gasteiger partial charge in [0.1, 0.15) is 17.4 Å². The molecule has 4 heteroatoms. The van der Waals surface area contributed by atoms with Gasteiger partial charge in [-0.15, -0.1) is 0 Å². The Balaban J connectivity index is 2.06. The maximum absolute atomic E-state index is 12.8. The van der Waals surface area contributed by atoms with Gasteiger partial charge in [0, 0.05) is 29.9 Å². The summed E-state index contributed by atoms with van der Waals surface area (Å²) in [5, 5.41) is 0. The number of benzene rings is 1. The van der Waals surface area contributed by atoms with Crippen molar-refractivity contribution in [2.45, 2.75) is 6.42 Å². The highest BCUT2D eigenvalue weighted by atomic mass is 32.2. The highest BCUT2D eigenvalue weighted by Gasteiger charge is 2.25. The predicted octanol–water partition coefficient (Wildman–Crippen LogP) is 2.44. The molecule has 0 atom stereocenters. The molecule has 1 aromatic rings. The largest absolute Gasteiger partial charge is 0.299 e. The number of ketones is 1. The summed E-state index contributed by atoms with van der Waals surface area (Å²) < 4.78 is 25.6. The lowest BCUT2D eigenvalue weighted by Crippen LogP contribution is -2.28. The van der Waals surface area contributed by atoms with Gasteiger partial charge in [-0.1, -0.05) is 0 Å². The van der Waals surface area contributed by atoms with Crippen LogP contribution in [0.15, 0.2) is 18.2 Å². The van der Waals surface area contributed by atoms with Crippen LogP contribution >= 0.6 is 11.8 Å². The Hall–Kier alpha value is -0.900. The molecule has 0 radical (unpaired) electrons. The van der Waals surface area contributed by atoms with Gasteiger partial charge in [0.2, 0.25) is 0 Å². The summed E-state index contributed by atoms with van der Waals surface area (Å²) in [6.07, 6.45) is 0.139. The van der Waals surface area contributed by atoms with Crippen LogP contribution in [-0.4, -0.2) is 17.3 Å². The summed E-state index contributed by atoms with van der Waals surface area (Å²) in [5.41, 5.74) is 0.425. The van der Waals surface area contributed by atoms with E-state index in [0.29, 0.717) is 5.56 Å². The van der Waals surface area contributed by atoms with E-state index in [4.69, 9.17) is 0 Å². The Kier molecular flexibility index (Phi) is 3.05. The van der Waals surface area contributed by atoms with E-state index in [9.17, 15) is 13.6 Å². The minimum absolute atomic E-state index is 0.0822. The third-order valence-corrected chi connectivity index (χ3v) is 3.67. The molecule has 1 aliphatic rings. The highest BCUT2D eigenvalue weighted by Crippen LogP contribution is 2.26. The number of hydrogen-bond donors (Lipinski definition) is 0. The van der Waals surface area contributed by atoms with Crippen molar-refractivity contribution < 1.29 is 13.6 Å². The lowest BCUT2D eigenvalue weighted by molar-refractivity contribution is -0.121. The first-order chi connectivity index (χ1) is 7.15. The van der Waals surface area contributed by atoms with Gasteiger partial charge in [0.05, 0.1) is 0 Å². The van der Waals surface area contributed by atoms with Crippen molar-refractivity contribution in [1.29, 1.82) is 0 Å². The van der Waals surface area contributed by atoms with E-state index in [-0.39, 0.29) is 18.1 Å². The SMILES string of the molecule is O=C(Cc1cc(F)cc(F)c1)C1CSC1. The monoisotopic (exact) mass is 228 g/mol. The van der Waals surface area contributed by atoms with E-state index >= 15 is 0 Å². The number of rotatable bonds is 3. The number of Topliss-reactive ketones (excluding diaryl/α,β-unsaturated/α-hetero) is 1. The second-order valence-corrected chi connectivity index (χ2v) is 4.73. The van der Waals surface area contributed by atoms with E-state index in [1.54, 1.807) is 11.8 Å². The molecular formula is C11H10F2OS. The molecule has 0 saturated carbocycles. The van der Waals surface area contributed by atoms with Crippen molar-refractivity contribution in [3.8, 4) is 0 Å². The summed E-state index contributed by atoms with van der Waals surface area (Å²) in [6.45, 7) is 0. The number of thioether (sulfide) groups is 1. The van der Waals surface area contributed by atoms with Gasteiger partial charge >= 0.3 is 0 Å². The molecule has 1 aromatic carbocycles. The minimum atomic E-state index is -0.624. The van der Waals surface area contributed by atoms with Gasteiger partial charge in [-0.05, 0) is 17.7 Å². The second-order valence-electron chi connectivity index (χ2n) is 3.66. The quantitative estimate of drug-likeness (QED) is 0.790. The summed E-state index contributed by atoms with van der Waals surface area (Å²) in [4.78, 5) is 11.6. The number of halogens is 2. The van der Waals surface area contributed by atoms with Gasteiger partial charge < -0.3 is 0 Å². The van der Waals surface area contributed by atoms with Crippen LogP contribution < -0.4 is 0 Å². The molecule has 1 saturated heterocycles.